The van der Waals surface area contributed by atoms with E-state index in [1.165, 1.54) is 0 Å². The Labute approximate surface area is 151 Å². The number of pyridine rings is 1. The minimum atomic E-state index is -0.271. The van der Waals surface area contributed by atoms with E-state index >= 15 is 0 Å². The molecular formula is C22H18N2O2. The average molecular weight is 342 g/mol. The van der Waals surface area contributed by atoms with Gasteiger partial charge in [0, 0.05) is 18.3 Å². The van der Waals surface area contributed by atoms with Crippen LogP contribution in [0.3, 0.4) is 0 Å². The van der Waals surface area contributed by atoms with Gasteiger partial charge in [-0.3, -0.25) is 4.79 Å². The molecule has 2 aromatic carbocycles. The maximum absolute atomic E-state index is 12.7. The lowest BCUT2D eigenvalue weighted by atomic mass is 10.1. The van der Waals surface area contributed by atoms with Crippen LogP contribution in [-0.2, 0) is 11.3 Å². The summed E-state index contributed by atoms with van der Waals surface area (Å²) in [6, 6.07) is 23.4. The Kier molecular flexibility index (Phi) is 4.48. The van der Waals surface area contributed by atoms with Gasteiger partial charge in [0.05, 0.1) is 5.57 Å². The van der Waals surface area contributed by atoms with Crippen LogP contribution in [0.2, 0.25) is 0 Å². The topological polar surface area (TPSA) is 43.6 Å². The summed E-state index contributed by atoms with van der Waals surface area (Å²) in [5, 5.41) is 0. The van der Waals surface area contributed by atoms with Crippen LogP contribution in [0, 0.1) is 0 Å². The monoisotopic (exact) mass is 342 g/mol. The molecule has 0 radical (unpaired) electrons. The molecule has 0 spiro atoms. The molecule has 3 aromatic rings. The van der Waals surface area contributed by atoms with Crippen LogP contribution in [0.25, 0.3) is 6.08 Å². The predicted molar refractivity (Wildman–Crippen MR) is 100 cm³/mol. The maximum atomic E-state index is 12.7. The van der Waals surface area contributed by atoms with Crippen molar-refractivity contribution in [2.45, 2.75) is 6.54 Å². The fourth-order valence-electron chi connectivity index (χ4n) is 2.90. The number of fused-ring (bicyclic) bond motifs is 1. The fourth-order valence-corrected chi connectivity index (χ4v) is 2.90. The van der Waals surface area contributed by atoms with E-state index in [0.717, 1.165) is 16.9 Å². The van der Waals surface area contributed by atoms with Crippen LogP contribution in [0.1, 0.15) is 11.1 Å². The third-order valence-electron chi connectivity index (χ3n) is 4.24. The summed E-state index contributed by atoms with van der Waals surface area (Å²) in [5.74, 6) is 0.524. The highest BCUT2D eigenvalue weighted by Gasteiger charge is 2.16. The third-order valence-corrected chi connectivity index (χ3v) is 4.24. The number of carbonyl (C=O) groups excluding carboxylic acids is 1. The minimum Gasteiger partial charge on any atom is -0.488 e. The van der Waals surface area contributed by atoms with Crippen molar-refractivity contribution in [3.63, 3.8) is 0 Å². The summed E-state index contributed by atoms with van der Waals surface area (Å²) in [4.78, 5) is 17.0. The molecule has 0 aliphatic carbocycles. The van der Waals surface area contributed by atoms with Gasteiger partial charge in [-0.1, -0.05) is 54.6 Å². The molecule has 1 aromatic heterocycles. The summed E-state index contributed by atoms with van der Waals surface area (Å²) in [6.45, 7) is 0.900. The molecule has 4 nitrogen and oxygen atoms in total. The predicted octanol–water partition coefficient (Wildman–Crippen LogP) is 3.44. The molecule has 26 heavy (non-hydrogen) atoms. The van der Waals surface area contributed by atoms with Gasteiger partial charge in [0.2, 0.25) is 0 Å². The standard InChI is InChI=1S/C22H18N2O2/c25-22(19-14-18-10-4-5-11-20(18)26-16-19)23-21-12-6-7-13-24(21)15-17-8-2-1-3-9-17/h1-14H,15-16H2. The Bertz CT molecular complexity index is 1030. The van der Waals surface area contributed by atoms with Crippen molar-refractivity contribution in [2.24, 2.45) is 4.99 Å². The molecule has 0 unspecified atom stereocenters. The fraction of sp³-hybridized carbons (Fsp3) is 0.0909. The molecule has 0 atom stereocenters. The van der Waals surface area contributed by atoms with Gasteiger partial charge < -0.3 is 9.30 Å². The maximum Gasteiger partial charge on any atom is 0.278 e. The second kappa shape index (κ2) is 7.23. The van der Waals surface area contributed by atoms with E-state index in [1.807, 2.05) is 77.5 Å². The number of hydrogen-bond donors (Lipinski definition) is 0. The normalized spacial score (nSPS) is 13.5. The number of nitrogens with zero attached hydrogens (tertiary/aromatic N) is 2. The molecule has 0 saturated carbocycles. The smallest absolute Gasteiger partial charge is 0.278 e. The van der Waals surface area contributed by atoms with Crippen molar-refractivity contribution in [3.8, 4) is 5.75 Å². The Morgan fingerprint density at radius 1 is 0.962 bits per heavy atom. The van der Waals surface area contributed by atoms with E-state index < -0.39 is 0 Å². The summed E-state index contributed by atoms with van der Waals surface area (Å²) in [7, 11) is 0. The first-order valence-electron chi connectivity index (χ1n) is 8.50. The van der Waals surface area contributed by atoms with Gasteiger partial charge in [0.15, 0.2) is 0 Å². The molecular weight excluding hydrogens is 324 g/mol. The minimum absolute atomic E-state index is 0.241. The van der Waals surface area contributed by atoms with Crippen molar-refractivity contribution >= 4 is 12.0 Å². The molecule has 4 rings (SSSR count). The molecule has 1 aliphatic rings. The first-order valence-corrected chi connectivity index (χ1v) is 8.50. The van der Waals surface area contributed by atoms with Crippen molar-refractivity contribution in [2.75, 3.05) is 6.61 Å². The van der Waals surface area contributed by atoms with Crippen LogP contribution in [-0.4, -0.2) is 17.1 Å². The van der Waals surface area contributed by atoms with E-state index in [-0.39, 0.29) is 12.5 Å². The third kappa shape index (κ3) is 3.49. The number of hydrogen-bond acceptors (Lipinski definition) is 2. The van der Waals surface area contributed by atoms with E-state index in [0.29, 0.717) is 17.6 Å². The Hall–Kier alpha value is -3.40. The first-order chi connectivity index (χ1) is 12.8. The summed E-state index contributed by atoms with van der Waals surface area (Å²) >= 11 is 0. The lowest BCUT2D eigenvalue weighted by molar-refractivity contribution is -0.114. The van der Waals surface area contributed by atoms with Crippen molar-refractivity contribution < 1.29 is 9.53 Å². The summed E-state index contributed by atoms with van der Waals surface area (Å²) in [6.07, 6.45) is 3.79. The molecule has 0 N–H and O–H groups in total. The van der Waals surface area contributed by atoms with Crippen LogP contribution in [0.15, 0.2) is 89.6 Å². The van der Waals surface area contributed by atoms with Gasteiger partial charge in [-0.05, 0) is 29.8 Å². The molecule has 2 heterocycles. The lowest BCUT2D eigenvalue weighted by Gasteiger charge is -2.15. The molecule has 0 fully saturated rings. The quantitative estimate of drug-likeness (QED) is 0.732. The van der Waals surface area contributed by atoms with Gasteiger partial charge in [0.1, 0.15) is 17.8 Å². The van der Waals surface area contributed by atoms with Gasteiger partial charge in [0.25, 0.3) is 5.91 Å². The molecule has 0 saturated heterocycles. The van der Waals surface area contributed by atoms with Crippen LogP contribution < -0.4 is 10.2 Å². The van der Waals surface area contributed by atoms with Crippen molar-refractivity contribution in [1.29, 1.82) is 0 Å². The summed E-state index contributed by atoms with van der Waals surface area (Å²) in [5.41, 5.74) is 3.24. The van der Waals surface area contributed by atoms with E-state index in [9.17, 15) is 4.79 Å². The van der Waals surface area contributed by atoms with Crippen LogP contribution >= 0.6 is 0 Å². The number of aromatic nitrogens is 1. The lowest BCUT2D eigenvalue weighted by Crippen LogP contribution is -2.23. The second-order valence-corrected chi connectivity index (χ2v) is 6.09. The highest BCUT2D eigenvalue weighted by molar-refractivity contribution is 5.99. The van der Waals surface area contributed by atoms with E-state index in [2.05, 4.69) is 17.1 Å². The zero-order valence-electron chi connectivity index (χ0n) is 14.2. The number of benzene rings is 2. The number of amides is 1. The van der Waals surface area contributed by atoms with Crippen molar-refractivity contribution in [3.05, 3.63) is 101 Å². The zero-order chi connectivity index (χ0) is 17.8. The SMILES string of the molecule is O=C(N=c1ccccn1Cc1ccccc1)C1=Cc2ccccc2OC1. The Morgan fingerprint density at radius 3 is 2.62 bits per heavy atom. The largest absolute Gasteiger partial charge is 0.488 e. The molecule has 1 amide bonds. The summed E-state index contributed by atoms with van der Waals surface area (Å²) < 4.78 is 7.63. The second-order valence-electron chi connectivity index (χ2n) is 6.09. The zero-order valence-corrected chi connectivity index (χ0v) is 14.2. The van der Waals surface area contributed by atoms with Gasteiger partial charge in [-0.25, -0.2) is 0 Å². The Balaban J connectivity index is 1.65. The average Bonchev–Trinajstić information content (AvgIpc) is 2.70. The van der Waals surface area contributed by atoms with Gasteiger partial charge >= 0.3 is 0 Å². The molecule has 128 valence electrons. The Morgan fingerprint density at radius 2 is 1.73 bits per heavy atom. The number of rotatable bonds is 3. The first kappa shape index (κ1) is 16.1. The molecule has 4 heteroatoms. The van der Waals surface area contributed by atoms with Crippen molar-refractivity contribution in [1.82, 2.24) is 4.57 Å². The van der Waals surface area contributed by atoms with Crippen LogP contribution in [0.5, 0.6) is 5.75 Å². The van der Waals surface area contributed by atoms with E-state index in [4.69, 9.17) is 4.74 Å². The number of carbonyl (C=O) groups is 1. The highest BCUT2D eigenvalue weighted by Crippen LogP contribution is 2.25. The number of para-hydroxylation sites is 1. The van der Waals surface area contributed by atoms with Gasteiger partial charge in [-0.15, -0.1) is 0 Å². The molecule has 0 bridgehead atoms. The van der Waals surface area contributed by atoms with E-state index in [1.54, 1.807) is 0 Å². The van der Waals surface area contributed by atoms with Crippen LogP contribution in [0.4, 0.5) is 0 Å². The number of ether oxygens (including phenoxy) is 1. The highest BCUT2D eigenvalue weighted by atomic mass is 16.5. The van der Waals surface area contributed by atoms with Gasteiger partial charge in [-0.2, -0.15) is 4.99 Å². The molecule has 1 aliphatic heterocycles.